The monoisotopic (exact) mass is 1380 g/mol. The molecule has 0 amide bonds. The molecule has 538 valence electrons. The number of aromatic nitrogens is 1. The predicted octanol–water partition coefficient (Wildman–Crippen LogP) is 30.1. The van der Waals surface area contributed by atoms with Gasteiger partial charge in [0.1, 0.15) is 11.2 Å². The largest absolute Gasteiger partial charge is 0.456 e. The van der Waals surface area contributed by atoms with Gasteiger partial charge in [-0.3, -0.25) is 0 Å². The summed E-state index contributed by atoms with van der Waals surface area (Å²) in [6.45, 7) is 60.5. The summed E-state index contributed by atoms with van der Waals surface area (Å²) in [7, 11) is 0. The topological polar surface area (TPSA) is 18.1 Å². The van der Waals surface area contributed by atoms with Gasteiger partial charge in [0, 0.05) is 47.4 Å². The van der Waals surface area contributed by atoms with Gasteiger partial charge in [-0.25, -0.2) is 0 Å². The van der Waals surface area contributed by atoms with Crippen LogP contribution >= 0.6 is 11.3 Å². The van der Waals surface area contributed by atoms with E-state index < -0.39 is 0 Å². The summed E-state index contributed by atoms with van der Waals surface area (Å²) >= 11 is 1.88. The molecule has 0 unspecified atom stereocenters. The Balaban J connectivity index is 0.000000155. The highest BCUT2D eigenvalue weighted by atomic mass is 32.1. The summed E-state index contributed by atoms with van der Waals surface area (Å²) in [5.74, 6) is 0. The Bertz CT molecular complexity index is 4840. The van der Waals surface area contributed by atoms with Crippen LogP contribution in [0.4, 0.5) is 0 Å². The second kappa shape index (κ2) is 32.5. The summed E-state index contributed by atoms with van der Waals surface area (Å²) < 4.78 is 10.9. The lowest BCUT2D eigenvalue weighted by molar-refractivity contribution is 0.581. The van der Waals surface area contributed by atoms with Crippen LogP contribution in [0.25, 0.3) is 69.6 Å². The molecule has 11 aromatic carbocycles. The van der Waals surface area contributed by atoms with Crippen molar-refractivity contribution in [2.75, 3.05) is 0 Å². The normalized spacial score (nSPS) is 12.0. The van der Waals surface area contributed by atoms with Crippen molar-refractivity contribution in [3.05, 3.63) is 315 Å². The number of benzene rings is 11. The molecule has 0 saturated heterocycles. The van der Waals surface area contributed by atoms with Crippen LogP contribution in [0.2, 0.25) is 0 Å². The van der Waals surface area contributed by atoms with E-state index in [9.17, 15) is 0 Å². The van der Waals surface area contributed by atoms with Crippen molar-refractivity contribution in [2.45, 2.75) is 225 Å². The molecule has 0 spiro atoms. The molecule has 2 nitrogen and oxygen atoms in total. The Kier molecular flexibility index (Phi) is 25.2. The smallest absolute Gasteiger partial charge is 0.135 e. The number of rotatable bonds is 1. The van der Waals surface area contributed by atoms with Gasteiger partial charge in [0.25, 0.3) is 0 Å². The van der Waals surface area contributed by atoms with Gasteiger partial charge in [-0.2, -0.15) is 0 Å². The molecule has 3 heterocycles. The zero-order chi connectivity index (χ0) is 75.8. The highest BCUT2D eigenvalue weighted by Crippen LogP contribution is 2.39. The van der Waals surface area contributed by atoms with E-state index in [-0.39, 0.29) is 37.9 Å². The predicted molar refractivity (Wildman–Crippen MR) is 459 cm³/mol. The molecule has 3 aromatic heterocycles. The standard InChI is InChI=1S/C22H21N.C16H16O.C16H16S.2C12H18.2C11H16/c1-22(2,3)16-13-14-21-19(15-16)18-11-7-8-12-20(18)23(21)17-9-5-4-6-10-17;2*1-16(2,3)11-8-9-15-13(10-11)12-6-4-5-7-14(12)17-15;2*1-9-7-6-8-10(2)11(9)12(3,4)5;2*1-9-7-5-6-8-10(9)11(2,3)4/h4-15H,1-3H3;2*4-10H,1-3H3;2*6-8H,1-5H3;2*5-8H,1-4H3. The number of hydrogen-bond donors (Lipinski definition) is 0. The van der Waals surface area contributed by atoms with Crippen LogP contribution in [0.5, 0.6) is 0 Å². The van der Waals surface area contributed by atoms with Crippen LogP contribution in [0.3, 0.4) is 0 Å². The van der Waals surface area contributed by atoms with Crippen molar-refractivity contribution >= 4 is 75.3 Å². The lowest BCUT2D eigenvalue weighted by Crippen LogP contribution is -2.14. The molecule has 0 bridgehead atoms. The molecule has 0 aliphatic heterocycles. The fraction of sp³-hybridized carbons (Fsp3) is 0.340. The summed E-state index contributed by atoms with van der Waals surface area (Å²) in [5.41, 5.74) is 25.7. The molecule has 0 radical (unpaired) electrons. The molecular formula is C100H121NOS. The summed E-state index contributed by atoms with van der Waals surface area (Å²) in [5, 5.41) is 7.85. The number of furan rings is 1. The Morgan fingerprint density at radius 1 is 0.243 bits per heavy atom. The van der Waals surface area contributed by atoms with Crippen molar-refractivity contribution in [3.63, 3.8) is 0 Å². The second-order valence-corrected chi connectivity index (χ2v) is 36.5. The van der Waals surface area contributed by atoms with Gasteiger partial charge >= 0.3 is 0 Å². The van der Waals surface area contributed by atoms with Crippen molar-refractivity contribution in [1.29, 1.82) is 0 Å². The van der Waals surface area contributed by atoms with Gasteiger partial charge < -0.3 is 8.98 Å². The van der Waals surface area contributed by atoms with Crippen molar-refractivity contribution in [1.82, 2.24) is 4.57 Å². The number of para-hydroxylation sites is 3. The van der Waals surface area contributed by atoms with Gasteiger partial charge in [-0.1, -0.05) is 321 Å². The van der Waals surface area contributed by atoms with Crippen molar-refractivity contribution < 1.29 is 4.42 Å². The molecule has 0 N–H and O–H groups in total. The lowest BCUT2D eigenvalue weighted by Gasteiger charge is -2.23. The first-order valence-corrected chi connectivity index (χ1v) is 38.1. The second-order valence-electron chi connectivity index (χ2n) is 35.5. The van der Waals surface area contributed by atoms with Crippen LogP contribution in [0.15, 0.2) is 247 Å². The molecule has 0 aliphatic rings. The number of thiophene rings is 1. The van der Waals surface area contributed by atoms with Crippen LogP contribution < -0.4 is 0 Å². The van der Waals surface area contributed by atoms with Gasteiger partial charge in [0.15, 0.2) is 0 Å². The molecule has 3 heteroatoms. The Morgan fingerprint density at radius 2 is 0.592 bits per heavy atom. The third-order valence-electron chi connectivity index (χ3n) is 19.4. The van der Waals surface area contributed by atoms with E-state index >= 15 is 0 Å². The minimum absolute atomic E-state index is 0.157. The third-order valence-corrected chi connectivity index (χ3v) is 20.6. The third kappa shape index (κ3) is 20.4. The van der Waals surface area contributed by atoms with Crippen molar-refractivity contribution in [3.8, 4) is 5.69 Å². The first kappa shape index (κ1) is 79.9. The molecule has 14 aromatic rings. The van der Waals surface area contributed by atoms with Gasteiger partial charge in [-0.15, -0.1) is 11.3 Å². The fourth-order valence-corrected chi connectivity index (χ4v) is 15.6. The molecule has 0 aliphatic carbocycles. The van der Waals surface area contributed by atoms with E-state index in [2.05, 4.69) is 422 Å². The van der Waals surface area contributed by atoms with E-state index in [1.807, 2.05) is 23.5 Å². The zero-order valence-corrected chi connectivity index (χ0v) is 68.7. The van der Waals surface area contributed by atoms with E-state index in [1.54, 1.807) is 0 Å². The SMILES string of the molecule is CC(C)(C)c1ccc2c(c1)c1ccccc1n2-c1ccccc1.CC(C)(C)c1ccc2oc3ccccc3c2c1.CC(C)(C)c1ccc2sc3ccccc3c2c1.Cc1cccc(C)c1C(C)(C)C.Cc1cccc(C)c1C(C)(C)C.Cc1ccccc1C(C)(C)C.Cc1ccccc1C(C)(C)C. The van der Waals surface area contributed by atoms with E-state index in [4.69, 9.17) is 4.42 Å². The first-order chi connectivity index (χ1) is 48.0. The minimum Gasteiger partial charge on any atom is -0.456 e. The average Bonchev–Trinajstić information content (AvgIpc) is 1.58. The Labute approximate surface area is 625 Å². The van der Waals surface area contributed by atoms with Crippen LogP contribution in [0.1, 0.15) is 218 Å². The van der Waals surface area contributed by atoms with E-state index in [0.717, 1.165) is 11.2 Å². The summed E-state index contributed by atoms with van der Waals surface area (Å²) in [6, 6.07) is 86.5. The Hall–Kier alpha value is -8.76. The lowest BCUT2D eigenvalue weighted by atomic mass is 9.81. The molecule has 14 rings (SSSR count). The van der Waals surface area contributed by atoms with Crippen LogP contribution in [-0.2, 0) is 37.9 Å². The maximum absolute atomic E-state index is 5.82. The van der Waals surface area contributed by atoms with Gasteiger partial charge in [-0.05, 0) is 219 Å². The molecule has 0 atom stereocenters. The van der Waals surface area contributed by atoms with Crippen molar-refractivity contribution in [2.24, 2.45) is 0 Å². The fourth-order valence-electron chi connectivity index (χ4n) is 14.5. The average molecular weight is 1390 g/mol. The maximum atomic E-state index is 5.82. The minimum atomic E-state index is 0.157. The number of nitrogens with zero attached hydrogens (tertiary/aromatic N) is 1. The number of aryl methyl sites for hydroxylation is 6. The Morgan fingerprint density at radius 3 is 1.04 bits per heavy atom. The first-order valence-electron chi connectivity index (χ1n) is 37.2. The molecule has 0 saturated carbocycles. The summed E-state index contributed by atoms with van der Waals surface area (Å²) in [4.78, 5) is 0. The van der Waals surface area contributed by atoms with Gasteiger partial charge in [0.2, 0.25) is 0 Å². The highest BCUT2D eigenvalue weighted by molar-refractivity contribution is 7.25. The maximum Gasteiger partial charge on any atom is 0.135 e. The molecule has 103 heavy (non-hydrogen) atoms. The van der Waals surface area contributed by atoms with Crippen LogP contribution in [0, 0.1) is 41.5 Å². The van der Waals surface area contributed by atoms with Crippen LogP contribution in [-0.4, -0.2) is 4.57 Å². The highest BCUT2D eigenvalue weighted by Gasteiger charge is 2.23. The van der Waals surface area contributed by atoms with E-state index in [0.29, 0.717) is 0 Å². The molecule has 0 fully saturated rings. The number of hydrogen-bond acceptors (Lipinski definition) is 2. The van der Waals surface area contributed by atoms with E-state index in [1.165, 1.54) is 131 Å². The van der Waals surface area contributed by atoms with Gasteiger partial charge in [0.05, 0.1) is 11.0 Å². The number of fused-ring (bicyclic) bond motifs is 9. The molecular weight excluding hydrogens is 1260 g/mol. The zero-order valence-electron chi connectivity index (χ0n) is 67.9. The summed E-state index contributed by atoms with van der Waals surface area (Å²) in [6.07, 6.45) is 0. The quantitative estimate of drug-likeness (QED) is 0.160.